The van der Waals surface area contributed by atoms with E-state index >= 15 is 0 Å². The second kappa shape index (κ2) is 5.22. The van der Waals surface area contributed by atoms with Gasteiger partial charge in [-0.2, -0.15) is 4.99 Å². The molecule has 0 aromatic heterocycles. The van der Waals surface area contributed by atoms with E-state index in [4.69, 9.17) is 5.73 Å². The number of aryl methyl sites for hydroxylation is 1. The van der Waals surface area contributed by atoms with Crippen LogP contribution in [-0.4, -0.2) is 22.2 Å². The zero-order valence-electron chi connectivity index (χ0n) is 9.84. The molecule has 18 heavy (non-hydrogen) atoms. The van der Waals surface area contributed by atoms with Gasteiger partial charge in [-0.25, -0.2) is 0 Å². The molecule has 1 aromatic rings. The summed E-state index contributed by atoms with van der Waals surface area (Å²) in [6.45, 7) is 1.91. The number of hydrogen-bond acceptors (Lipinski definition) is 4. The van der Waals surface area contributed by atoms with Gasteiger partial charge in [0.15, 0.2) is 5.17 Å². The number of amides is 2. The number of anilines is 1. The number of aliphatic imine (C=N–C) groups is 1. The number of nitrogens with two attached hydrogens (primary N) is 1. The van der Waals surface area contributed by atoms with Crippen molar-refractivity contribution in [1.82, 2.24) is 0 Å². The van der Waals surface area contributed by atoms with Gasteiger partial charge >= 0.3 is 0 Å². The van der Waals surface area contributed by atoms with Gasteiger partial charge in [-0.05, 0) is 18.6 Å². The molecule has 2 amide bonds. The number of amidine groups is 1. The molecule has 0 radical (unpaired) electrons. The molecule has 0 fully saturated rings. The zero-order valence-corrected chi connectivity index (χ0v) is 10.7. The molecule has 6 heteroatoms. The molecule has 0 bridgehead atoms. The number of nitrogens with zero attached hydrogens (tertiary/aromatic N) is 1. The van der Waals surface area contributed by atoms with Gasteiger partial charge in [0.25, 0.3) is 5.91 Å². The first kappa shape index (κ1) is 12.6. The molecule has 1 atom stereocenters. The van der Waals surface area contributed by atoms with E-state index in [1.54, 1.807) is 0 Å². The van der Waals surface area contributed by atoms with E-state index in [0.29, 0.717) is 0 Å². The van der Waals surface area contributed by atoms with E-state index in [1.807, 2.05) is 31.2 Å². The largest absolute Gasteiger partial charge is 0.378 e. The Hall–Kier alpha value is -1.82. The van der Waals surface area contributed by atoms with Crippen LogP contribution < -0.4 is 11.1 Å². The van der Waals surface area contributed by atoms with Crippen molar-refractivity contribution in [1.29, 1.82) is 0 Å². The van der Waals surface area contributed by atoms with Crippen molar-refractivity contribution in [2.24, 2.45) is 10.7 Å². The highest BCUT2D eigenvalue weighted by Gasteiger charge is 2.29. The van der Waals surface area contributed by atoms with Gasteiger partial charge in [0, 0.05) is 12.1 Å². The molecule has 1 heterocycles. The van der Waals surface area contributed by atoms with Crippen LogP contribution >= 0.6 is 11.8 Å². The summed E-state index contributed by atoms with van der Waals surface area (Å²) in [6.07, 6.45) is 0.0854. The quantitative estimate of drug-likeness (QED) is 0.860. The molecule has 0 saturated carbocycles. The van der Waals surface area contributed by atoms with Crippen molar-refractivity contribution in [2.75, 3.05) is 5.32 Å². The van der Waals surface area contributed by atoms with E-state index in [2.05, 4.69) is 10.3 Å². The smallest absolute Gasteiger partial charge is 0.262 e. The third kappa shape index (κ3) is 2.89. The van der Waals surface area contributed by atoms with Crippen molar-refractivity contribution >= 4 is 34.4 Å². The molecule has 1 aliphatic heterocycles. The lowest BCUT2D eigenvalue weighted by atomic mass is 10.2. The Kier molecular flexibility index (Phi) is 3.66. The summed E-state index contributed by atoms with van der Waals surface area (Å²) in [7, 11) is 0. The summed E-state index contributed by atoms with van der Waals surface area (Å²) in [6, 6.07) is 7.48. The molecule has 1 aromatic carbocycles. The molecule has 5 nitrogen and oxygen atoms in total. The van der Waals surface area contributed by atoms with Crippen molar-refractivity contribution < 1.29 is 9.59 Å². The van der Waals surface area contributed by atoms with Crippen LogP contribution in [-0.2, 0) is 9.59 Å². The molecule has 0 aliphatic carbocycles. The highest BCUT2D eigenvalue weighted by Crippen LogP contribution is 2.23. The van der Waals surface area contributed by atoms with Crippen molar-refractivity contribution in [3.05, 3.63) is 29.8 Å². The lowest BCUT2D eigenvalue weighted by Gasteiger charge is -2.09. The minimum atomic E-state index is -0.492. The topological polar surface area (TPSA) is 84.6 Å². The fraction of sp³-hybridized carbons (Fsp3) is 0.250. The SMILES string of the molecule is Cc1ccccc1NC(=O)C[C@H]1SC(N)=NC1=O. The normalized spacial score (nSPS) is 18.6. The number of para-hydroxylation sites is 1. The lowest BCUT2D eigenvalue weighted by Crippen LogP contribution is -2.21. The lowest BCUT2D eigenvalue weighted by molar-refractivity contribution is -0.121. The number of carbonyl (C=O) groups excluding carboxylic acids is 2. The Morgan fingerprint density at radius 3 is 2.83 bits per heavy atom. The fourth-order valence-electron chi connectivity index (χ4n) is 1.61. The van der Waals surface area contributed by atoms with Gasteiger partial charge < -0.3 is 11.1 Å². The molecule has 0 saturated heterocycles. The second-order valence-corrected chi connectivity index (χ2v) is 5.19. The van der Waals surface area contributed by atoms with Crippen LogP contribution in [0.5, 0.6) is 0 Å². The van der Waals surface area contributed by atoms with Crippen LogP contribution in [0.4, 0.5) is 5.69 Å². The Labute approximate surface area is 109 Å². The maximum atomic E-state index is 11.8. The molecule has 0 spiro atoms. The molecule has 1 aliphatic rings. The third-order valence-corrected chi connectivity index (χ3v) is 3.53. The maximum absolute atomic E-state index is 11.8. The Morgan fingerprint density at radius 2 is 2.22 bits per heavy atom. The van der Waals surface area contributed by atoms with Crippen molar-refractivity contribution in [2.45, 2.75) is 18.6 Å². The standard InChI is InChI=1S/C12H13N3O2S/c1-7-4-2-3-5-8(7)14-10(16)6-9-11(17)15-12(13)18-9/h2-5,9H,6H2,1H3,(H,14,16)(H2,13,15,17)/t9-/m1/s1. The van der Waals surface area contributed by atoms with Gasteiger partial charge in [-0.1, -0.05) is 30.0 Å². The van der Waals surface area contributed by atoms with Crippen molar-refractivity contribution in [3.63, 3.8) is 0 Å². The van der Waals surface area contributed by atoms with Crippen LogP contribution in [0.25, 0.3) is 0 Å². The second-order valence-electron chi connectivity index (χ2n) is 3.96. The summed E-state index contributed by atoms with van der Waals surface area (Å²) < 4.78 is 0. The molecular weight excluding hydrogens is 250 g/mol. The number of rotatable bonds is 3. The first-order chi connectivity index (χ1) is 8.56. The van der Waals surface area contributed by atoms with E-state index in [-0.39, 0.29) is 23.4 Å². The van der Waals surface area contributed by atoms with Gasteiger partial charge in [-0.3, -0.25) is 9.59 Å². The minimum absolute atomic E-state index is 0.0854. The zero-order chi connectivity index (χ0) is 13.1. The molecule has 0 unspecified atom stereocenters. The third-order valence-electron chi connectivity index (χ3n) is 2.55. The summed E-state index contributed by atoms with van der Waals surface area (Å²) >= 11 is 1.13. The molecule has 2 rings (SSSR count). The highest BCUT2D eigenvalue weighted by molar-refractivity contribution is 8.15. The van der Waals surface area contributed by atoms with Crippen molar-refractivity contribution in [3.8, 4) is 0 Å². The number of nitrogens with one attached hydrogen (secondary N) is 1. The number of carbonyl (C=O) groups is 2. The van der Waals surface area contributed by atoms with Crippen LogP contribution in [0.15, 0.2) is 29.3 Å². The molecule has 3 N–H and O–H groups in total. The number of benzene rings is 1. The summed E-state index contributed by atoms with van der Waals surface area (Å²) in [4.78, 5) is 26.8. The maximum Gasteiger partial charge on any atom is 0.262 e. The monoisotopic (exact) mass is 263 g/mol. The van der Waals surface area contributed by atoms with Crippen LogP contribution in [0.3, 0.4) is 0 Å². The van der Waals surface area contributed by atoms with Gasteiger partial charge in [-0.15, -0.1) is 0 Å². The predicted octanol–water partition coefficient (Wildman–Crippen LogP) is 1.28. The minimum Gasteiger partial charge on any atom is -0.378 e. The first-order valence-corrected chi connectivity index (χ1v) is 6.34. The Balaban J connectivity index is 1.94. The van der Waals surface area contributed by atoms with Crippen LogP contribution in [0.1, 0.15) is 12.0 Å². The Bertz CT molecular complexity index is 528. The number of thioether (sulfide) groups is 1. The van der Waals surface area contributed by atoms with E-state index in [1.165, 1.54) is 0 Å². The predicted molar refractivity (Wildman–Crippen MR) is 72.4 cm³/mol. The average molecular weight is 263 g/mol. The fourth-order valence-corrected chi connectivity index (χ4v) is 2.44. The average Bonchev–Trinajstić information content (AvgIpc) is 2.61. The van der Waals surface area contributed by atoms with Gasteiger partial charge in [0.05, 0.1) is 0 Å². The van der Waals surface area contributed by atoms with E-state index < -0.39 is 5.25 Å². The summed E-state index contributed by atoms with van der Waals surface area (Å²) in [5.41, 5.74) is 7.16. The Morgan fingerprint density at radius 1 is 1.50 bits per heavy atom. The highest BCUT2D eigenvalue weighted by atomic mass is 32.2. The van der Waals surface area contributed by atoms with E-state index in [0.717, 1.165) is 23.0 Å². The van der Waals surface area contributed by atoms with E-state index in [9.17, 15) is 9.59 Å². The number of hydrogen-bond donors (Lipinski definition) is 2. The van der Waals surface area contributed by atoms with Gasteiger partial charge in [0.1, 0.15) is 5.25 Å². The first-order valence-electron chi connectivity index (χ1n) is 5.46. The van der Waals surface area contributed by atoms with Crippen LogP contribution in [0.2, 0.25) is 0 Å². The molecular formula is C12H13N3O2S. The van der Waals surface area contributed by atoms with Gasteiger partial charge in [0.2, 0.25) is 5.91 Å². The summed E-state index contributed by atoms with van der Waals surface area (Å²) in [5, 5.41) is 2.51. The summed E-state index contributed by atoms with van der Waals surface area (Å²) in [5.74, 6) is -0.544. The van der Waals surface area contributed by atoms with Crippen LogP contribution in [0, 0.1) is 6.92 Å². The molecule has 94 valence electrons.